The van der Waals surface area contributed by atoms with Crippen molar-refractivity contribution in [2.45, 2.75) is 45.4 Å². The molecule has 0 bridgehead atoms. The van der Waals surface area contributed by atoms with E-state index in [0.29, 0.717) is 16.1 Å². The number of hydrogen-bond donors (Lipinski definition) is 2. The number of rotatable bonds is 3. The zero-order valence-electron chi connectivity index (χ0n) is 12.6. The third kappa shape index (κ3) is 2.87. The molecular weight excluding hydrogens is 288 g/mol. The van der Waals surface area contributed by atoms with Gasteiger partial charge < -0.3 is 15.1 Å². The van der Waals surface area contributed by atoms with Crippen molar-refractivity contribution in [1.82, 2.24) is 0 Å². The predicted octanol–water partition coefficient (Wildman–Crippen LogP) is 2.69. The zero-order valence-corrected chi connectivity index (χ0v) is 13.4. The van der Waals surface area contributed by atoms with Gasteiger partial charge in [0.25, 0.3) is 0 Å². The summed E-state index contributed by atoms with van der Waals surface area (Å²) in [7, 11) is 0. The molecule has 21 heavy (non-hydrogen) atoms. The maximum atomic E-state index is 10.3. The number of aliphatic hydroxyl groups is 2. The SMILES string of the molecule is CC1C(C(C)(C)O)CCN1c1ccc(C#N)c(Cl)c1CO. The van der Waals surface area contributed by atoms with Crippen LogP contribution < -0.4 is 4.90 Å². The van der Waals surface area contributed by atoms with Crippen molar-refractivity contribution in [3.63, 3.8) is 0 Å². The van der Waals surface area contributed by atoms with Crippen molar-refractivity contribution in [2.75, 3.05) is 11.4 Å². The predicted molar refractivity (Wildman–Crippen MR) is 83.3 cm³/mol. The maximum Gasteiger partial charge on any atom is 0.101 e. The number of hydrogen-bond acceptors (Lipinski definition) is 4. The molecule has 1 fully saturated rings. The van der Waals surface area contributed by atoms with Crippen LogP contribution in [0.1, 0.15) is 38.3 Å². The number of nitriles is 1. The molecule has 2 unspecified atom stereocenters. The first-order valence-electron chi connectivity index (χ1n) is 7.12. The van der Waals surface area contributed by atoms with Gasteiger partial charge in [-0.3, -0.25) is 0 Å². The van der Waals surface area contributed by atoms with Gasteiger partial charge in [0, 0.05) is 29.8 Å². The van der Waals surface area contributed by atoms with Crippen molar-refractivity contribution in [2.24, 2.45) is 5.92 Å². The molecule has 0 aromatic heterocycles. The van der Waals surface area contributed by atoms with Gasteiger partial charge in [-0.15, -0.1) is 0 Å². The van der Waals surface area contributed by atoms with Crippen molar-refractivity contribution in [1.29, 1.82) is 5.26 Å². The Morgan fingerprint density at radius 2 is 2.14 bits per heavy atom. The minimum absolute atomic E-state index is 0.138. The first-order chi connectivity index (χ1) is 9.81. The van der Waals surface area contributed by atoms with E-state index in [1.807, 2.05) is 26.0 Å². The van der Waals surface area contributed by atoms with Gasteiger partial charge >= 0.3 is 0 Å². The molecule has 0 spiro atoms. The molecule has 1 saturated heterocycles. The van der Waals surface area contributed by atoms with E-state index in [9.17, 15) is 10.2 Å². The van der Waals surface area contributed by atoms with Crippen LogP contribution >= 0.6 is 11.6 Å². The molecule has 0 saturated carbocycles. The second-order valence-corrected chi connectivity index (χ2v) is 6.56. The van der Waals surface area contributed by atoms with Crippen LogP contribution in [-0.2, 0) is 6.61 Å². The van der Waals surface area contributed by atoms with Crippen molar-refractivity contribution in [3.8, 4) is 6.07 Å². The second-order valence-electron chi connectivity index (χ2n) is 6.18. The summed E-state index contributed by atoms with van der Waals surface area (Å²) < 4.78 is 0. The summed E-state index contributed by atoms with van der Waals surface area (Å²) in [5, 5.41) is 29.2. The van der Waals surface area contributed by atoms with Gasteiger partial charge in [0.2, 0.25) is 0 Å². The molecule has 2 rings (SSSR count). The van der Waals surface area contributed by atoms with Gasteiger partial charge in [-0.1, -0.05) is 11.6 Å². The Hall–Kier alpha value is -1.28. The first kappa shape index (κ1) is 16.1. The fourth-order valence-corrected chi connectivity index (χ4v) is 3.60. The van der Waals surface area contributed by atoms with E-state index in [0.717, 1.165) is 18.7 Å². The smallest absolute Gasteiger partial charge is 0.101 e. The van der Waals surface area contributed by atoms with E-state index < -0.39 is 5.60 Å². The van der Waals surface area contributed by atoms with Gasteiger partial charge in [-0.05, 0) is 39.3 Å². The van der Waals surface area contributed by atoms with Crippen LogP contribution in [0, 0.1) is 17.2 Å². The summed E-state index contributed by atoms with van der Waals surface area (Å²) in [4.78, 5) is 2.15. The highest BCUT2D eigenvalue weighted by Crippen LogP contribution is 2.39. The molecule has 1 aromatic carbocycles. The van der Waals surface area contributed by atoms with Crippen molar-refractivity contribution in [3.05, 3.63) is 28.3 Å². The summed E-state index contributed by atoms with van der Waals surface area (Å²) in [5.74, 6) is 0.151. The minimum Gasteiger partial charge on any atom is -0.392 e. The molecule has 1 heterocycles. The van der Waals surface area contributed by atoms with Crippen LogP contribution in [0.15, 0.2) is 12.1 Å². The van der Waals surface area contributed by atoms with Crippen LogP contribution in [0.5, 0.6) is 0 Å². The van der Waals surface area contributed by atoms with Crippen LogP contribution in [0.25, 0.3) is 0 Å². The lowest BCUT2D eigenvalue weighted by atomic mass is 9.85. The zero-order chi connectivity index (χ0) is 15.8. The number of benzene rings is 1. The Balaban J connectivity index is 2.40. The molecule has 0 amide bonds. The number of aliphatic hydroxyl groups excluding tert-OH is 1. The Morgan fingerprint density at radius 1 is 1.48 bits per heavy atom. The highest BCUT2D eigenvalue weighted by molar-refractivity contribution is 6.32. The summed E-state index contributed by atoms with van der Waals surface area (Å²) in [6, 6.07) is 5.68. The summed E-state index contributed by atoms with van der Waals surface area (Å²) in [5.41, 5.74) is 1.05. The third-order valence-corrected chi connectivity index (χ3v) is 4.90. The lowest BCUT2D eigenvalue weighted by Crippen LogP contribution is -2.40. The van der Waals surface area contributed by atoms with Crippen LogP contribution in [-0.4, -0.2) is 28.4 Å². The highest BCUT2D eigenvalue weighted by Gasteiger charge is 2.40. The molecule has 2 N–H and O–H groups in total. The van der Waals surface area contributed by atoms with Gasteiger partial charge in [-0.2, -0.15) is 5.26 Å². The lowest BCUT2D eigenvalue weighted by Gasteiger charge is -2.33. The summed E-state index contributed by atoms with van der Waals surface area (Å²) >= 11 is 6.21. The Morgan fingerprint density at radius 3 is 2.62 bits per heavy atom. The Kier molecular flexibility index (Phi) is 4.48. The van der Waals surface area contributed by atoms with E-state index in [1.165, 1.54) is 0 Å². The Bertz CT molecular complexity index is 575. The normalized spacial score (nSPS) is 22.4. The van der Waals surface area contributed by atoms with Crippen molar-refractivity contribution >= 4 is 17.3 Å². The largest absolute Gasteiger partial charge is 0.392 e. The minimum atomic E-state index is -0.746. The molecule has 1 aliphatic rings. The molecule has 2 atom stereocenters. The van der Waals surface area contributed by atoms with E-state index in [2.05, 4.69) is 11.8 Å². The second kappa shape index (κ2) is 5.84. The van der Waals surface area contributed by atoms with E-state index in [4.69, 9.17) is 16.9 Å². The monoisotopic (exact) mass is 308 g/mol. The first-order valence-corrected chi connectivity index (χ1v) is 7.50. The number of nitrogens with zero attached hydrogens (tertiary/aromatic N) is 2. The molecule has 114 valence electrons. The maximum absolute atomic E-state index is 10.3. The third-order valence-electron chi connectivity index (χ3n) is 4.47. The van der Waals surface area contributed by atoms with Gasteiger partial charge in [0.05, 0.1) is 22.8 Å². The number of halogens is 1. The van der Waals surface area contributed by atoms with E-state index in [1.54, 1.807) is 6.07 Å². The van der Waals surface area contributed by atoms with Gasteiger partial charge in [0.1, 0.15) is 6.07 Å². The number of anilines is 1. The molecule has 4 nitrogen and oxygen atoms in total. The fraction of sp³-hybridized carbons (Fsp3) is 0.562. The van der Waals surface area contributed by atoms with Gasteiger partial charge in [-0.25, -0.2) is 0 Å². The Labute approximate surface area is 130 Å². The molecule has 0 radical (unpaired) electrons. The standard InChI is InChI=1S/C16H21ClN2O2/c1-10-13(16(2,3)21)6-7-19(10)14-5-4-11(8-18)15(17)12(14)9-20/h4-5,10,13,20-21H,6-7,9H2,1-3H3. The lowest BCUT2D eigenvalue weighted by molar-refractivity contribution is 0.0156. The summed E-state index contributed by atoms with van der Waals surface area (Å²) in [6.07, 6.45) is 0.882. The van der Waals surface area contributed by atoms with E-state index in [-0.39, 0.29) is 18.6 Å². The van der Waals surface area contributed by atoms with Crippen molar-refractivity contribution < 1.29 is 10.2 Å². The van der Waals surface area contributed by atoms with Crippen LogP contribution in [0.4, 0.5) is 5.69 Å². The summed E-state index contributed by atoms with van der Waals surface area (Å²) in [6.45, 7) is 6.32. The average molecular weight is 309 g/mol. The molecule has 1 aliphatic heterocycles. The highest BCUT2D eigenvalue weighted by atomic mass is 35.5. The van der Waals surface area contributed by atoms with Crippen LogP contribution in [0.3, 0.4) is 0 Å². The van der Waals surface area contributed by atoms with Gasteiger partial charge in [0.15, 0.2) is 0 Å². The molecule has 5 heteroatoms. The fourth-order valence-electron chi connectivity index (χ4n) is 3.34. The average Bonchev–Trinajstić information content (AvgIpc) is 2.80. The van der Waals surface area contributed by atoms with E-state index >= 15 is 0 Å². The van der Waals surface area contributed by atoms with Crippen LogP contribution in [0.2, 0.25) is 5.02 Å². The molecule has 0 aliphatic carbocycles. The quantitative estimate of drug-likeness (QED) is 0.901. The molecular formula is C16H21ClN2O2. The topological polar surface area (TPSA) is 67.5 Å². The molecule has 1 aromatic rings.